The Morgan fingerprint density at radius 3 is 2.73 bits per heavy atom. The average Bonchev–Trinajstić information content (AvgIpc) is 3.18. The first kappa shape index (κ1) is 18.4. The van der Waals surface area contributed by atoms with Crippen LogP contribution in [-0.4, -0.2) is 34.8 Å². The minimum absolute atomic E-state index is 0.181. The molecule has 4 N–H and O–H groups in total. The SMILES string of the molecule is NC(=O)CN1CCc2ccc(NC(=O)c3cc4c(ccc5ccccc54)[nH]3)cc2C1. The van der Waals surface area contributed by atoms with E-state index in [1.54, 1.807) is 0 Å². The fourth-order valence-electron chi connectivity index (χ4n) is 4.25. The number of rotatable bonds is 4. The lowest BCUT2D eigenvalue weighted by atomic mass is 9.99. The Kier molecular flexibility index (Phi) is 4.48. The van der Waals surface area contributed by atoms with Crippen LogP contribution < -0.4 is 11.1 Å². The van der Waals surface area contributed by atoms with E-state index in [9.17, 15) is 9.59 Å². The summed E-state index contributed by atoms with van der Waals surface area (Å²) in [4.78, 5) is 29.4. The summed E-state index contributed by atoms with van der Waals surface area (Å²) in [5.74, 6) is -0.505. The minimum Gasteiger partial charge on any atom is -0.369 e. The van der Waals surface area contributed by atoms with Crippen LogP contribution in [0.15, 0.2) is 60.7 Å². The second-order valence-electron chi connectivity index (χ2n) is 7.80. The van der Waals surface area contributed by atoms with Gasteiger partial charge in [0, 0.05) is 29.7 Å². The zero-order chi connectivity index (χ0) is 20.7. The standard InChI is InChI=1S/C24H22N4O2/c25-23(29)14-28-10-9-15-5-7-18(11-17(15)13-28)26-24(30)22-12-20-19-4-2-1-3-16(19)6-8-21(20)27-22/h1-8,11-12,27H,9-10,13-14H2,(H2,25,29)(H,26,30). The van der Waals surface area contributed by atoms with E-state index >= 15 is 0 Å². The molecule has 30 heavy (non-hydrogen) atoms. The van der Waals surface area contributed by atoms with Crippen LogP contribution in [0.2, 0.25) is 0 Å². The van der Waals surface area contributed by atoms with E-state index in [1.165, 1.54) is 5.56 Å². The maximum absolute atomic E-state index is 12.9. The molecule has 2 heterocycles. The van der Waals surface area contributed by atoms with Gasteiger partial charge in [-0.2, -0.15) is 0 Å². The van der Waals surface area contributed by atoms with Crippen LogP contribution in [0.25, 0.3) is 21.7 Å². The van der Waals surface area contributed by atoms with Crippen LogP contribution in [0.5, 0.6) is 0 Å². The Hall–Kier alpha value is -3.64. The number of aromatic amines is 1. The molecule has 4 aromatic rings. The van der Waals surface area contributed by atoms with Crippen molar-refractivity contribution < 1.29 is 9.59 Å². The first-order chi connectivity index (χ1) is 14.6. The van der Waals surface area contributed by atoms with E-state index in [0.29, 0.717) is 12.2 Å². The maximum Gasteiger partial charge on any atom is 0.272 e. The molecule has 1 aliphatic rings. The molecule has 0 atom stereocenters. The van der Waals surface area contributed by atoms with Crippen molar-refractivity contribution in [3.63, 3.8) is 0 Å². The Morgan fingerprint density at radius 2 is 1.87 bits per heavy atom. The van der Waals surface area contributed by atoms with E-state index in [4.69, 9.17) is 5.73 Å². The highest BCUT2D eigenvalue weighted by Crippen LogP contribution is 2.27. The highest BCUT2D eigenvalue weighted by atomic mass is 16.2. The van der Waals surface area contributed by atoms with Crippen LogP contribution in [0.4, 0.5) is 5.69 Å². The molecule has 1 aromatic heterocycles. The highest BCUT2D eigenvalue weighted by Gasteiger charge is 2.19. The number of nitrogens with one attached hydrogen (secondary N) is 2. The van der Waals surface area contributed by atoms with Gasteiger partial charge in [-0.1, -0.05) is 36.4 Å². The molecule has 0 aliphatic carbocycles. The number of primary amides is 1. The van der Waals surface area contributed by atoms with Crippen LogP contribution in [0.1, 0.15) is 21.6 Å². The van der Waals surface area contributed by atoms with Gasteiger partial charge in [-0.15, -0.1) is 0 Å². The molecule has 0 unspecified atom stereocenters. The smallest absolute Gasteiger partial charge is 0.272 e. The molecule has 1 aliphatic heterocycles. The predicted octanol–water partition coefficient (Wildman–Crippen LogP) is 3.42. The lowest BCUT2D eigenvalue weighted by Gasteiger charge is -2.28. The zero-order valence-corrected chi connectivity index (χ0v) is 16.4. The molecule has 0 fully saturated rings. The molecular weight excluding hydrogens is 376 g/mol. The molecule has 3 aromatic carbocycles. The molecular formula is C24H22N4O2. The van der Waals surface area contributed by atoms with Gasteiger partial charge < -0.3 is 16.0 Å². The second kappa shape index (κ2) is 7.31. The van der Waals surface area contributed by atoms with E-state index in [2.05, 4.69) is 28.5 Å². The van der Waals surface area contributed by atoms with Gasteiger partial charge in [-0.25, -0.2) is 0 Å². The molecule has 0 bridgehead atoms. The van der Waals surface area contributed by atoms with Crippen molar-refractivity contribution in [3.05, 3.63) is 77.5 Å². The normalized spacial score (nSPS) is 14.0. The third kappa shape index (κ3) is 3.42. The molecule has 6 nitrogen and oxygen atoms in total. The number of anilines is 1. The summed E-state index contributed by atoms with van der Waals surface area (Å²) < 4.78 is 0. The van der Waals surface area contributed by atoms with E-state index in [0.717, 1.165) is 45.9 Å². The lowest BCUT2D eigenvalue weighted by molar-refractivity contribution is -0.119. The maximum atomic E-state index is 12.9. The van der Waals surface area contributed by atoms with E-state index < -0.39 is 0 Å². The largest absolute Gasteiger partial charge is 0.369 e. The van der Waals surface area contributed by atoms with E-state index in [1.807, 2.05) is 47.4 Å². The number of amides is 2. The summed E-state index contributed by atoms with van der Waals surface area (Å²) in [6, 6.07) is 20.1. The fourth-order valence-corrected chi connectivity index (χ4v) is 4.25. The second-order valence-corrected chi connectivity index (χ2v) is 7.80. The number of benzene rings is 3. The minimum atomic E-state index is -0.325. The van der Waals surface area contributed by atoms with Crippen molar-refractivity contribution in [1.82, 2.24) is 9.88 Å². The molecule has 150 valence electrons. The van der Waals surface area contributed by atoms with Crippen molar-refractivity contribution in [2.24, 2.45) is 5.73 Å². The first-order valence-electron chi connectivity index (χ1n) is 10.0. The Balaban J connectivity index is 1.39. The number of nitrogens with zero attached hydrogens (tertiary/aromatic N) is 1. The Labute approximate surface area is 173 Å². The van der Waals surface area contributed by atoms with Gasteiger partial charge in [0.1, 0.15) is 5.69 Å². The lowest BCUT2D eigenvalue weighted by Crippen LogP contribution is -2.37. The number of carbonyl (C=O) groups excluding carboxylic acids is 2. The van der Waals surface area contributed by atoms with Crippen molar-refractivity contribution in [2.75, 3.05) is 18.4 Å². The monoisotopic (exact) mass is 398 g/mol. The first-order valence-corrected chi connectivity index (χ1v) is 10.0. The van der Waals surface area contributed by atoms with Crippen LogP contribution in [0, 0.1) is 0 Å². The van der Waals surface area contributed by atoms with Gasteiger partial charge in [0.05, 0.1) is 6.54 Å². The Bertz CT molecular complexity index is 1290. The molecule has 0 saturated carbocycles. The third-order valence-corrected chi connectivity index (χ3v) is 5.71. The number of aromatic nitrogens is 1. The third-order valence-electron chi connectivity index (χ3n) is 5.71. The number of hydrogen-bond acceptors (Lipinski definition) is 3. The molecule has 0 radical (unpaired) electrons. The van der Waals surface area contributed by atoms with Crippen molar-refractivity contribution in [3.8, 4) is 0 Å². The van der Waals surface area contributed by atoms with Gasteiger partial charge in [-0.05, 0) is 52.6 Å². The number of H-pyrrole nitrogens is 1. The number of carbonyl (C=O) groups is 2. The van der Waals surface area contributed by atoms with Crippen molar-refractivity contribution in [2.45, 2.75) is 13.0 Å². The zero-order valence-electron chi connectivity index (χ0n) is 16.4. The number of hydrogen-bond donors (Lipinski definition) is 3. The van der Waals surface area contributed by atoms with Crippen molar-refractivity contribution >= 4 is 39.2 Å². The summed E-state index contributed by atoms with van der Waals surface area (Å²) in [6.07, 6.45) is 0.867. The number of nitrogens with two attached hydrogens (primary N) is 1. The van der Waals surface area contributed by atoms with Crippen LogP contribution in [0.3, 0.4) is 0 Å². The quantitative estimate of drug-likeness (QED) is 0.492. The van der Waals surface area contributed by atoms with Crippen molar-refractivity contribution in [1.29, 1.82) is 0 Å². The average molecular weight is 398 g/mol. The number of fused-ring (bicyclic) bond motifs is 4. The summed E-state index contributed by atoms with van der Waals surface area (Å²) in [5, 5.41) is 6.29. The molecule has 5 rings (SSSR count). The van der Waals surface area contributed by atoms with Gasteiger partial charge in [-0.3, -0.25) is 14.5 Å². The summed E-state index contributed by atoms with van der Waals surface area (Å²) in [5.41, 5.74) is 9.88. The van der Waals surface area contributed by atoms with Gasteiger partial charge in [0.15, 0.2) is 0 Å². The van der Waals surface area contributed by atoms with Gasteiger partial charge in [0.2, 0.25) is 5.91 Å². The summed E-state index contributed by atoms with van der Waals surface area (Å²) >= 11 is 0. The van der Waals surface area contributed by atoms with E-state index in [-0.39, 0.29) is 18.4 Å². The highest BCUT2D eigenvalue weighted by molar-refractivity contribution is 6.12. The summed E-state index contributed by atoms with van der Waals surface area (Å²) in [6.45, 7) is 1.71. The fraction of sp³-hybridized carbons (Fsp3) is 0.167. The van der Waals surface area contributed by atoms with Gasteiger partial charge in [0.25, 0.3) is 5.91 Å². The predicted molar refractivity (Wildman–Crippen MR) is 118 cm³/mol. The Morgan fingerprint density at radius 1 is 1.00 bits per heavy atom. The van der Waals surface area contributed by atoms with Crippen LogP contribution in [-0.2, 0) is 17.8 Å². The summed E-state index contributed by atoms with van der Waals surface area (Å²) in [7, 11) is 0. The van der Waals surface area contributed by atoms with Gasteiger partial charge >= 0.3 is 0 Å². The molecule has 0 spiro atoms. The molecule has 0 saturated heterocycles. The molecule has 2 amide bonds. The van der Waals surface area contributed by atoms with Crippen LogP contribution >= 0.6 is 0 Å². The molecule has 6 heteroatoms. The topological polar surface area (TPSA) is 91.2 Å².